The normalized spacial score (nSPS) is 11.6. The number of aryl methyl sites for hydroxylation is 1. The average Bonchev–Trinajstić information content (AvgIpc) is 2.73. The van der Waals surface area contributed by atoms with Crippen LogP contribution >= 0.6 is 0 Å². The molecule has 0 radical (unpaired) electrons. The SMILES string of the molecule is Cc1nc(CCNc2cc(C(F)(F)F)nc(N)n2)no1. The van der Waals surface area contributed by atoms with Crippen LogP contribution in [0.3, 0.4) is 0 Å². The van der Waals surface area contributed by atoms with Crippen LogP contribution in [-0.4, -0.2) is 26.7 Å². The van der Waals surface area contributed by atoms with E-state index in [0.717, 1.165) is 6.07 Å². The quantitative estimate of drug-likeness (QED) is 0.877. The summed E-state index contributed by atoms with van der Waals surface area (Å²) >= 11 is 0. The van der Waals surface area contributed by atoms with Gasteiger partial charge in [-0.3, -0.25) is 0 Å². The molecule has 0 aromatic carbocycles. The number of anilines is 2. The van der Waals surface area contributed by atoms with E-state index in [1.165, 1.54) is 0 Å². The molecule has 2 aromatic heterocycles. The summed E-state index contributed by atoms with van der Waals surface area (Å²) in [5.41, 5.74) is 4.15. The van der Waals surface area contributed by atoms with E-state index in [9.17, 15) is 13.2 Å². The van der Waals surface area contributed by atoms with E-state index in [4.69, 9.17) is 10.3 Å². The first-order valence-corrected chi connectivity index (χ1v) is 5.59. The Hall–Kier alpha value is -2.39. The van der Waals surface area contributed by atoms with E-state index in [-0.39, 0.29) is 12.4 Å². The van der Waals surface area contributed by atoms with E-state index < -0.39 is 17.8 Å². The third kappa shape index (κ3) is 3.56. The van der Waals surface area contributed by atoms with Crippen LogP contribution < -0.4 is 11.1 Å². The van der Waals surface area contributed by atoms with Crippen molar-refractivity contribution in [3.63, 3.8) is 0 Å². The van der Waals surface area contributed by atoms with Crippen molar-refractivity contribution < 1.29 is 17.7 Å². The molecule has 0 fully saturated rings. The molecule has 0 saturated heterocycles. The summed E-state index contributed by atoms with van der Waals surface area (Å²) in [6, 6.07) is 0.790. The van der Waals surface area contributed by atoms with Crippen molar-refractivity contribution in [2.45, 2.75) is 19.5 Å². The van der Waals surface area contributed by atoms with Crippen molar-refractivity contribution in [3.05, 3.63) is 23.5 Å². The van der Waals surface area contributed by atoms with Crippen molar-refractivity contribution >= 4 is 11.8 Å². The number of nitrogens with zero attached hydrogens (tertiary/aromatic N) is 4. The fourth-order valence-corrected chi connectivity index (χ4v) is 1.45. The first kappa shape index (κ1) is 14.0. The number of rotatable bonds is 4. The highest BCUT2D eigenvalue weighted by molar-refractivity contribution is 5.41. The minimum atomic E-state index is -4.57. The van der Waals surface area contributed by atoms with Crippen molar-refractivity contribution in [1.82, 2.24) is 20.1 Å². The van der Waals surface area contributed by atoms with Crippen molar-refractivity contribution in [2.24, 2.45) is 0 Å². The molecule has 108 valence electrons. The average molecular weight is 288 g/mol. The highest BCUT2D eigenvalue weighted by Gasteiger charge is 2.33. The zero-order valence-electron chi connectivity index (χ0n) is 10.4. The van der Waals surface area contributed by atoms with Gasteiger partial charge in [0, 0.05) is 26.0 Å². The van der Waals surface area contributed by atoms with Crippen LogP contribution in [0, 0.1) is 6.92 Å². The van der Waals surface area contributed by atoms with Gasteiger partial charge in [0.05, 0.1) is 0 Å². The molecule has 0 unspecified atom stereocenters. The van der Waals surface area contributed by atoms with Gasteiger partial charge in [0.15, 0.2) is 11.5 Å². The second-order valence-corrected chi connectivity index (χ2v) is 3.90. The predicted octanol–water partition coefficient (Wildman–Crippen LogP) is 1.42. The summed E-state index contributed by atoms with van der Waals surface area (Å²) in [6.45, 7) is 1.93. The van der Waals surface area contributed by atoms with E-state index >= 15 is 0 Å². The van der Waals surface area contributed by atoms with Crippen LogP contribution in [0.25, 0.3) is 0 Å². The topological polar surface area (TPSA) is 103 Å². The molecule has 2 heterocycles. The Morgan fingerprint density at radius 1 is 1.30 bits per heavy atom. The number of hydrogen-bond acceptors (Lipinski definition) is 7. The number of hydrogen-bond donors (Lipinski definition) is 2. The molecule has 0 amide bonds. The minimum absolute atomic E-state index is 0.00922. The molecule has 0 aliphatic carbocycles. The number of nitrogens with two attached hydrogens (primary N) is 1. The van der Waals surface area contributed by atoms with E-state index in [1.807, 2.05) is 0 Å². The summed E-state index contributed by atoms with van der Waals surface area (Å²) in [4.78, 5) is 10.8. The molecule has 0 bridgehead atoms. The third-order valence-corrected chi connectivity index (χ3v) is 2.26. The van der Waals surface area contributed by atoms with E-state index in [2.05, 4.69) is 25.4 Å². The van der Waals surface area contributed by atoms with Gasteiger partial charge < -0.3 is 15.6 Å². The minimum Gasteiger partial charge on any atom is -0.369 e. The Morgan fingerprint density at radius 3 is 2.65 bits per heavy atom. The number of nitrogen functional groups attached to an aromatic ring is 1. The monoisotopic (exact) mass is 288 g/mol. The van der Waals surface area contributed by atoms with E-state index in [1.54, 1.807) is 6.92 Å². The van der Waals surface area contributed by atoms with Gasteiger partial charge in [0.25, 0.3) is 0 Å². The lowest BCUT2D eigenvalue weighted by Crippen LogP contribution is -2.14. The van der Waals surface area contributed by atoms with Crippen LogP contribution in [0.2, 0.25) is 0 Å². The van der Waals surface area contributed by atoms with Gasteiger partial charge in [-0.25, -0.2) is 4.98 Å². The lowest BCUT2D eigenvalue weighted by molar-refractivity contribution is -0.141. The lowest BCUT2D eigenvalue weighted by atomic mass is 10.3. The Bertz CT molecular complexity index is 597. The van der Waals surface area contributed by atoms with Crippen LogP contribution in [-0.2, 0) is 12.6 Å². The molecule has 10 heteroatoms. The fourth-order valence-electron chi connectivity index (χ4n) is 1.45. The van der Waals surface area contributed by atoms with Crippen molar-refractivity contribution in [1.29, 1.82) is 0 Å². The molecule has 0 aliphatic heterocycles. The first-order valence-electron chi connectivity index (χ1n) is 5.59. The number of halogens is 3. The first-order chi connectivity index (χ1) is 9.34. The summed E-state index contributed by atoms with van der Waals surface area (Å²) in [6.07, 6.45) is -4.19. The molecule has 0 atom stereocenters. The predicted molar refractivity (Wildman–Crippen MR) is 62.7 cm³/mol. The fraction of sp³-hybridized carbons (Fsp3) is 0.400. The van der Waals surface area contributed by atoms with Gasteiger partial charge in [0.1, 0.15) is 5.82 Å². The molecule has 20 heavy (non-hydrogen) atoms. The van der Waals surface area contributed by atoms with Gasteiger partial charge in [-0.05, 0) is 0 Å². The Kier molecular flexibility index (Phi) is 3.72. The second-order valence-electron chi connectivity index (χ2n) is 3.90. The van der Waals surface area contributed by atoms with Gasteiger partial charge >= 0.3 is 6.18 Å². The Balaban J connectivity index is 2.00. The van der Waals surface area contributed by atoms with Gasteiger partial charge in [0.2, 0.25) is 11.8 Å². The summed E-state index contributed by atoms with van der Waals surface area (Å²) in [7, 11) is 0. The van der Waals surface area contributed by atoms with Crippen LogP contribution in [0.1, 0.15) is 17.4 Å². The second kappa shape index (κ2) is 5.31. The molecular formula is C10H11F3N6O. The largest absolute Gasteiger partial charge is 0.433 e. The zero-order valence-corrected chi connectivity index (χ0v) is 10.4. The molecule has 0 saturated carbocycles. The van der Waals surface area contributed by atoms with E-state index in [0.29, 0.717) is 18.1 Å². The number of nitrogens with one attached hydrogen (secondary N) is 1. The summed E-state index contributed by atoms with van der Waals surface area (Å²) in [5, 5.41) is 6.36. The molecule has 2 rings (SSSR count). The summed E-state index contributed by atoms with van der Waals surface area (Å²) in [5.74, 6) is 0.418. The van der Waals surface area contributed by atoms with Crippen molar-refractivity contribution in [2.75, 3.05) is 17.6 Å². The maximum absolute atomic E-state index is 12.5. The smallest absolute Gasteiger partial charge is 0.369 e. The number of alkyl halides is 3. The van der Waals surface area contributed by atoms with Crippen LogP contribution in [0.5, 0.6) is 0 Å². The zero-order chi connectivity index (χ0) is 14.8. The highest BCUT2D eigenvalue weighted by atomic mass is 19.4. The lowest BCUT2D eigenvalue weighted by Gasteiger charge is -2.09. The molecule has 7 nitrogen and oxygen atoms in total. The standard InChI is InChI=1S/C10H11F3N6O/c1-5-16-7(19-20-5)2-3-15-8-4-6(10(11,12)13)17-9(14)18-8/h4H,2-3H2,1H3,(H3,14,15,17,18). The molecule has 0 spiro atoms. The summed E-state index contributed by atoms with van der Waals surface area (Å²) < 4.78 is 42.4. The van der Waals surface area contributed by atoms with Crippen LogP contribution in [0.4, 0.5) is 24.9 Å². The van der Waals surface area contributed by atoms with Gasteiger partial charge in [-0.2, -0.15) is 23.1 Å². The Labute approximate surface area is 111 Å². The highest BCUT2D eigenvalue weighted by Crippen LogP contribution is 2.29. The molecule has 3 N–H and O–H groups in total. The van der Waals surface area contributed by atoms with Crippen LogP contribution in [0.15, 0.2) is 10.6 Å². The Morgan fingerprint density at radius 2 is 2.05 bits per heavy atom. The van der Waals surface area contributed by atoms with Gasteiger partial charge in [-0.1, -0.05) is 5.16 Å². The third-order valence-electron chi connectivity index (χ3n) is 2.26. The molecular weight excluding hydrogens is 277 g/mol. The maximum atomic E-state index is 12.5. The maximum Gasteiger partial charge on any atom is 0.433 e. The van der Waals surface area contributed by atoms with Crippen molar-refractivity contribution in [3.8, 4) is 0 Å². The molecule has 0 aliphatic rings. The number of aromatic nitrogens is 4. The molecule has 2 aromatic rings. The van der Waals surface area contributed by atoms with Gasteiger partial charge in [-0.15, -0.1) is 0 Å².